The highest BCUT2D eigenvalue weighted by atomic mass is 16.2. The molecule has 0 spiro atoms. The number of rotatable bonds is 3. The summed E-state index contributed by atoms with van der Waals surface area (Å²) in [4.78, 5) is 17.5. The molecule has 0 radical (unpaired) electrons. The lowest BCUT2D eigenvalue weighted by molar-refractivity contribution is -0.136. The highest BCUT2D eigenvalue weighted by Crippen LogP contribution is 2.29. The van der Waals surface area contributed by atoms with Crippen molar-refractivity contribution in [3.8, 4) is 0 Å². The summed E-state index contributed by atoms with van der Waals surface area (Å²) in [6.07, 6.45) is 9.36. The van der Waals surface area contributed by atoms with Gasteiger partial charge in [-0.3, -0.25) is 4.79 Å². The zero-order valence-electron chi connectivity index (χ0n) is 12.6. The summed E-state index contributed by atoms with van der Waals surface area (Å²) in [6.45, 7) is 4.53. The Morgan fingerprint density at radius 3 is 2.50 bits per heavy atom. The maximum atomic E-state index is 12.7. The molecule has 1 aliphatic carbocycles. The zero-order valence-corrected chi connectivity index (χ0v) is 12.6. The van der Waals surface area contributed by atoms with Crippen molar-refractivity contribution in [2.75, 3.05) is 26.2 Å². The van der Waals surface area contributed by atoms with Crippen LogP contribution in [0.4, 0.5) is 0 Å². The molecule has 3 fully saturated rings. The molecule has 1 saturated carbocycles. The Kier molecular flexibility index (Phi) is 4.61. The van der Waals surface area contributed by atoms with Gasteiger partial charge in [0.1, 0.15) is 0 Å². The van der Waals surface area contributed by atoms with Crippen LogP contribution in [0.15, 0.2) is 0 Å². The quantitative estimate of drug-likeness (QED) is 0.853. The predicted molar refractivity (Wildman–Crippen MR) is 80.3 cm³/mol. The van der Waals surface area contributed by atoms with Crippen LogP contribution in [0.2, 0.25) is 0 Å². The van der Waals surface area contributed by atoms with Crippen molar-refractivity contribution < 1.29 is 4.79 Å². The van der Waals surface area contributed by atoms with Gasteiger partial charge in [-0.1, -0.05) is 6.42 Å². The van der Waals surface area contributed by atoms with Crippen LogP contribution in [0.5, 0.6) is 0 Å². The first-order valence-corrected chi connectivity index (χ1v) is 8.52. The molecule has 4 nitrogen and oxygen atoms in total. The highest BCUT2D eigenvalue weighted by Gasteiger charge is 2.36. The molecular weight excluding hydrogens is 250 g/mol. The molecular formula is C16H29N3O. The van der Waals surface area contributed by atoms with Crippen LogP contribution in [0.1, 0.15) is 51.4 Å². The maximum Gasteiger partial charge on any atom is 0.226 e. The monoisotopic (exact) mass is 279 g/mol. The first-order valence-electron chi connectivity index (χ1n) is 8.52. The minimum absolute atomic E-state index is 0.215. The van der Waals surface area contributed by atoms with Gasteiger partial charge in [-0.05, 0) is 58.0 Å². The number of carbonyl (C=O) groups is 1. The lowest BCUT2D eigenvalue weighted by Crippen LogP contribution is -2.46. The summed E-state index contributed by atoms with van der Waals surface area (Å²) in [6, 6.07) is 0.726. The minimum Gasteiger partial charge on any atom is -0.338 e. The molecule has 2 saturated heterocycles. The normalized spacial score (nSPS) is 35.6. The number of carbonyl (C=O) groups excluding carboxylic acids is 1. The fourth-order valence-corrected chi connectivity index (χ4v) is 4.23. The largest absolute Gasteiger partial charge is 0.338 e. The lowest BCUT2D eigenvalue weighted by atomic mass is 10.0. The molecule has 0 aromatic carbocycles. The van der Waals surface area contributed by atoms with E-state index >= 15 is 0 Å². The van der Waals surface area contributed by atoms with E-state index in [-0.39, 0.29) is 12.0 Å². The molecule has 1 amide bonds. The third kappa shape index (κ3) is 3.17. The lowest BCUT2D eigenvalue weighted by Gasteiger charge is -2.34. The molecule has 20 heavy (non-hydrogen) atoms. The summed E-state index contributed by atoms with van der Waals surface area (Å²) in [7, 11) is 0. The maximum absolute atomic E-state index is 12.7. The summed E-state index contributed by atoms with van der Waals surface area (Å²) in [5.74, 6) is 0.615. The molecule has 0 aromatic heterocycles. The third-order valence-electron chi connectivity index (χ3n) is 5.40. The van der Waals surface area contributed by atoms with E-state index < -0.39 is 0 Å². The second-order valence-corrected chi connectivity index (χ2v) is 6.96. The molecule has 3 atom stereocenters. The summed E-state index contributed by atoms with van der Waals surface area (Å²) < 4.78 is 0. The first kappa shape index (κ1) is 14.3. The van der Waals surface area contributed by atoms with Crippen molar-refractivity contribution in [1.29, 1.82) is 0 Å². The van der Waals surface area contributed by atoms with Crippen molar-refractivity contribution >= 4 is 5.91 Å². The number of amides is 1. The van der Waals surface area contributed by atoms with Crippen LogP contribution in [0.3, 0.4) is 0 Å². The van der Waals surface area contributed by atoms with Crippen LogP contribution >= 0.6 is 0 Å². The highest BCUT2D eigenvalue weighted by molar-refractivity contribution is 5.79. The summed E-state index contributed by atoms with van der Waals surface area (Å²) >= 11 is 0. The predicted octanol–water partition coefficient (Wildman–Crippen LogP) is 1.59. The summed E-state index contributed by atoms with van der Waals surface area (Å²) in [5.41, 5.74) is 5.97. The van der Waals surface area contributed by atoms with Crippen molar-refractivity contribution in [2.24, 2.45) is 11.7 Å². The molecule has 4 heteroatoms. The van der Waals surface area contributed by atoms with Crippen LogP contribution in [-0.2, 0) is 4.79 Å². The molecule has 0 bridgehead atoms. The van der Waals surface area contributed by atoms with Gasteiger partial charge in [0.15, 0.2) is 0 Å². The number of hydrogen-bond acceptors (Lipinski definition) is 3. The number of piperidine rings is 1. The Morgan fingerprint density at radius 2 is 1.80 bits per heavy atom. The Morgan fingerprint density at radius 1 is 1.00 bits per heavy atom. The first-order chi connectivity index (χ1) is 9.74. The molecule has 3 rings (SSSR count). The molecule has 114 valence electrons. The Bertz CT molecular complexity index is 341. The van der Waals surface area contributed by atoms with Gasteiger partial charge in [0.2, 0.25) is 5.91 Å². The van der Waals surface area contributed by atoms with E-state index in [1.165, 1.54) is 45.2 Å². The van der Waals surface area contributed by atoms with Crippen molar-refractivity contribution in [1.82, 2.24) is 9.80 Å². The average molecular weight is 279 g/mol. The van der Waals surface area contributed by atoms with E-state index in [0.29, 0.717) is 11.9 Å². The smallest absolute Gasteiger partial charge is 0.226 e. The Labute approximate surface area is 122 Å². The van der Waals surface area contributed by atoms with E-state index in [4.69, 9.17) is 5.73 Å². The van der Waals surface area contributed by atoms with Gasteiger partial charge in [-0.25, -0.2) is 0 Å². The fourth-order valence-electron chi connectivity index (χ4n) is 4.23. The van der Waals surface area contributed by atoms with Crippen molar-refractivity contribution in [3.63, 3.8) is 0 Å². The van der Waals surface area contributed by atoms with E-state index in [1.54, 1.807) is 0 Å². The molecule has 2 N–H and O–H groups in total. The van der Waals surface area contributed by atoms with E-state index in [0.717, 1.165) is 32.4 Å². The Balaban J connectivity index is 1.55. The van der Waals surface area contributed by atoms with Gasteiger partial charge < -0.3 is 15.5 Å². The third-order valence-corrected chi connectivity index (χ3v) is 5.40. The van der Waals surface area contributed by atoms with Gasteiger partial charge in [0, 0.05) is 31.1 Å². The SMILES string of the molecule is N[C@@H]1CC[C@H](C(=O)N2CCC[C@H]2CN2CCCCC2)C1. The second kappa shape index (κ2) is 6.44. The van der Waals surface area contributed by atoms with Gasteiger partial charge in [-0.15, -0.1) is 0 Å². The number of hydrogen-bond donors (Lipinski definition) is 1. The van der Waals surface area contributed by atoms with Crippen LogP contribution in [-0.4, -0.2) is 54.0 Å². The molecule has 0 unspecified atom stereocenters. The Hall–Kier alpha value is -0.610. The minimum atomic E-state index is 0.215. The van der Waals surface area contributed by atoms with E-state index in [2.05, 4.69) is 9.80 Å². The molecule has 0 aromatic rings. The summed E-state index contributed by atoms with van der Waals surface area (Å²) in [5, 5.41) is 0. The molecule has 2 aliphatic heterocycles. The van der Waals surface area contributed by atoms with Gasteiger partial charge in [0.25, 0.3) is 0 Å². The zero-order chi connectivity index (χ0) is 13.9. The van der Waals surface area contributed by atoms with Gasteiger partial charge in [-0.2, -0.15) is 0 Å². The number of nitrogens with zero attached hydrogens (tertiary/aromatic N) is 2. The van der Waals surface area contributed by atoms with E-state index in [9.17, 15) is 4.79 Å². The average Bonchev–Trinajstić information content (AvgIpc) is 3.08. The molecule has 2 heterocycles. The van der Waals surface area contributed by atoms with Crippen LogP contribution in [0.25, 0.3) is 0 Å². The van der Waals surface area contributed by atoms with Gasteiger partial charge in [0.05, 0.1) is 0 Å². The number of likely N-dealkylation sites (tertiary alicyclic amines) is 2. The molecule has 3 aliphatic rings. The second-order valence-electron chi connectivity index (χ2n) is 6.96. The van der Waals surface area contributed by atoms with Crippen molar-refractivity contribution in [3.05, 3.63) is 0 Å². The van der Waals surface area contributed by atoms with Gasteiger partial charge >= 0.3 is 0 Å². The van der Waals surface area contributed by atoms with E-state index in [1.807, 2.05) is 0 Å². The number of nitrogens with two attached hydrogens (primary N) is 1. The van der Waals surface area contributed by atoms with Crippen LogP contribution < -0.4 is 5.73 Å². The standard InChI is InChI=1S/C16H29N3O/c17-14-7-6-13(11-14)16(20)19-10-4-5-15(19)12-18-8-2-1-3-9-18/h13-15H,1-12,17H2/t13-,14+,15-/m0/s1. The van der Waals surface area contributed by atoms with Crippen LogP contribution in [0, 0.1) is 5.92 Å². The fraction of sp³-hybridized carbons (Fsp3) is 0.938. The van der Waals surface area contributed by atoms with Crippen molar-refractivity contribution in [2.45, 2.75) is 63.5 Å². The topological polar surface area (TPSA) is 49.6 Å².